The van der Waals surface area contributed by atoms with Crippen molar-refractivity contribution in [2.75, 3.05) is 13.1 Å². The van der Waals surface area contributed by atoms with Crippen molar-refractivity contribution in [1.29, 1.82) is 0 Å². The first-order valence-corrected chi connectivity index (χ1v) is 7.24. The summed E-state index contributed by atoms with van der Waals surface area (Å²) in [4.78, 5) is 13.9. The number of hydrogen-bond donors (Lipinski definition) is 1. The van der Waals surface area contributed by atoms with Gasteiger partial charge < -0.3 is 5.32 Å². The van der Waals surface area contributed by atoms with Crippen LogP contribution in [0, 0.1) is 10.1 Å². The van der Waals surface area contributed by atoms with E-state index in [4.69, 9.17) is 0 Å². The van der Waals surface area contributed by atoms with Crippen LogP contribution in [-0.4, -0.2) is 35.0 Å². The molecule has 0 amide bonds. The monoisotopic (exact) mass is 267 g/mol. The molecule has 98 valence electrons. The van der Waals surface area contributed by atoms with Gasteiger partial charge in [-0.25, -0.2) is 0 Å². The molecule has 0 spiro atoms. The van der Waals surface area contributed by atoms with E-state index in [1.54, 1.807) is 6.07 Å². The Morgan fingerprint density at radius 2 is 2.22 bits per heavy atom. The predicted molar refractivity (Wildman–Crippen MR) is 70.8 cm³/mol. The van der Waals surface area contributed by atoms with Crippen molar-refractivity contribution in [2.24, 2.45) is 0 Å². The van der Waals surface area contributed by atoms with Gasteiger partial charge in [0.2, 0.25) is 0 Å². The maximum absolute atomic E-state index is 10.7. The maximum Gasteiger partial charge on any atom is 0.324 e. The lowest BCUT2D eigenvalue weighted by Gasteiger charge is -2.23. The van der Waals surface area contributed by atoms with Gasteiger partial charge in [0.1, 0.15) is 0 Å². The number of nitro groups is 1. The smallest absolute Gasteiger partial charge is 0.310 e. The van der Waals surface area contributed by atoms with Crippen molar-refractivity contribution >= 4 is 16.3 Å². The first-order chi connectivity index (χ1) is 8.70. The molecule has 2 aliphatic rings. The number of nitrogens with zero attached hydrogens (tertiary/aromatic N) is 2. The standard InChI is InChI=1S/C12H17N3O2S/c16-15(17)12-4-3-11(18-12)8-14-6-5-9-1-2-10(7-14)13-9/h3-4,9-10,13H,1-2,5-8H2. The Hall–Kier alpha value is -0.980. The molecule has 0 aromatic carbocycles. The van der Waals surface area contributed by atoms with E-state index in [9.17, 15) is 10.1 Å². The van der Waals surface area contributed by atoms with Gasteiger partial charge in [0.05, 0.1) is 4.92 Å². The van der Waals surface area contributed by atoms with Gasteiger partial charge in [-0.15, -0.1) is 0 Å². The summed E-state index contributed by atoms with van der Waals surface area (Å²) >= 11 is 1.30. The number of fused-ring (bicyclic) bond motifs is 2. The number of thiophene rings is 1. The molecule has 2 bridgehead atoms. The molecule has 18 heavy (non-hydrogen) atoms. The van der Waals surface area contributed by atoms with Gasteiger partial charge in [0.25, 0.3) is 0 Å². The van der Waals surface area contributed by atoms with E-state index < -0.39 is 0 Å². The molecule has 3 rings (SSSR count). The molecule has 0 aliphatic carbocycles. The molecule has 0 radical (unpaired) electrons. The lowest BCUT2D eigenvalue weighted by molar-refractivity contribution is -0.380. The summed E-state index contributed by atoms with van der Waals surface area (Å²) in [6, 6.07) is 4.81. The summed E-state index contributed by atoms with van der Waals surface area (Å²) in [6.07, 6.45) is 3.78. The fourth-order valence-corrected chi connectivity index (χ4v) is 3.79. The summed E-state index contributed by atoms with van der Waals surface area (Å²) in [6.45, 7) is 3.02. The second kappa shape index (κ2) is 4.95. The topological polar surface area (TPSA) is 58.4 Å². The van der Waals surface area contributed by atoms with Gasteiger partial charge in [0.15, 0.2) is 0 Å². The van der Waals surface area contributed by atoms with E-state index >= 15 is 0 Å². The van der Waals surface area contributed by atoms with E-state index in [0.717, 1.165) is 24.5 Å². The van der Waals surface area contributed by atoms with Gasteiger partial charge in [0, 0.05) is 42.7 Å². The Kier molecular flexibility index (Phi) is 3.32. The SMILES string of the molecule is O=[N+]([O-])c1ccc(CN2CCC3CCC(C2)N3)s1. The highest BCUT2D eigenvalue weighted by molar-refractivity contribution is 7.15. The molecular weight excluding hydrogens is 250 g/mol. The van der Waals surface area contributed by atoms with Crippen LogP contribution in [0.5, 0.6) is 0 Å². The number of nitrogens with one attached hydrogen (secondary N) is 1. The van der Waals surface area contributed by atoms with Crippen LogP contribution >= 0.6 is 11.3 Å². The van der Waals surface area contributed by atoms with E-state index in [1.165, 1.54) is 30.6 Å². The normalized spacial score (nSPS) is 28.2. The highest BCUT2D eigenvalue weighted by Crippen LogP contribution is 2.27. The van der Waals surface area contributed by atoms with E-state index in [-0.39, 0.29) is 9.92 Å². The van der Waals surface area contributed by atoms with Crippen LogP contribution in [0.15, 0.2) is 12.1 Å². The van der Waals surface area contributed by atoms with Gasteiger partial charge >= 0.3 is 5.00 Å². The molecule has 1 aromatic rings. The minimum atomic E-state index is -0.305. The number of hydrogen-bond acceptors (Lipinski definition) is 5. The summed E-state index contributed by atoms with van der Waals surface area (Å²) in [5.41, 5.74) is 0. The van der Waals surface area contributed by atoms with Crippen molar-refractivity contribution in [3.8, 4) is 0 Å². The van der Waals surface area contributed by atoms with E-state index in [2.05, 4.69) is 10.2 Å². The lowest BCUT2D eigenvalue weighted by Crippen LogP contribution is -2.34. The Morgan fingerprint density at radius 1 is 1.39 bits per heavy atom. The summed E-state index contributed by atoms with van der Waals surface area (Å²) in [5.74, 6) is 0. The van der Waals surface area contributed by atoms with E-state index in [0.29, 0.717) is 12.1 Å². The zero-order valence-corrected chi connectivity index (χ0v) is 11.0. The predicted octanol–water partition coefficient (Wildman–Crippen LogP) is 1.98. The molecule has 2 unspecified atom stereocenters. The van der Waals surface area contributed by atoms with Crippen LogP contribution < -0.4 is 5.32 Å². The van der Waals surface area contributed by atoms with Crippen LogP contribution in [0.4, 0.5) is 5.00 Å². The fraction of sp³-hybridized carbons (Fsp3) is 0.667. The van der Waals surface area contributed by atoms with Crippen LogP contribution in [0.2, 0.25) is 0 Å². The largest absolute Gasteiger partial charge is 0.324 e. The molecule has 5 nitrogen and oxygen atoms in total. The Labute approximate surface area is 110 Å². The summed E-state index contributed by atoms with van der Waals surface area (Å²) in [5, 5.41) is 14.6. The molecule has 1 aromatic heterocycles. The summed E-state index contributed by atoms with van der Waals surface area (Å²) < 4.78 is 0. The molecule has 2 atom stereocenters. The summed E-state index contributed by atoms with van der Waals surface area (Å²) in [7, 11) is 0. The molecule has 2 aliphatic heterocycles. The molecule has 6 heteroatoms. The highest BCUT2D eigenvalue weighted by Gasteiger charge is 2.29. The Morgan fingerprint density at radius 3 is 3.00 bits per heavy atom. The van der Waals surface area contributed by atoms with Crippen LogP contribution in [0.1, 0.15) is 24.1 Å². The van der Waals surface area contributed by atoms with Gasteiger partial charge in [-0.1, -0.05) is 11.3 Å². The Bertz CT molecular complexity index is 448. The number of likely N-dealkylation sites (tertiary alicyclic amines) is 1. The van der Waals surface area contributed by atoms with Crippen molar-refractivity contribution in [1.82, 2.24) is 10.2 Å². The molecule has 2 fully saturated rings. The zero-order valence-electron chi connectivity index (χ0n) is 10.2. The average Bonchev–Trinajstić information content (AvgIpc) is 2.89. The molecule has 0 saturated carbocycles. The maximum atomic E-state index is 10.7. The Balaban J connectivity index is 1.63. The van der Waals surface area contributed by atoms with Crippen LogP contribution in [0.25, 0.3) is 0 Å². The highest BCUT2D eigenvalue weighted by atomic mass is 32.1. The minimum Gasteiger partial charge on any atom is -0.310 e. The van der Waals surface area contributed by atoms with Gasteiger partial charge in [-0.3, -0.25) is 15.0 Å². The minimum absolute atomic E-state index is 0.250. The third kappa shape index (κ3) is 2.55. The molecular formula is C12H17N3O2S. The van der Waals surface area contributed by atoms with Crippen LogP contribution in [-0.2, 0) is 6.54 Å². The fourth-order valence-electron chi connectivity index (χ4n) is 2.93. The first kappa shape index (κ1) is 12.1. The third-order valence-corrected chi connectivity index (χ3v) is 4.84. The molecule has 1 N–H and O–H groups in total. The second-order valence-corrected chi connectivity index (χ2v) is 6.31. The zero-order chi connectivity index (χ0) is 12.5. The second-order valence-electron chi connectivity index (χ2n) is 5.16. The van der Waals surface area contributed by atoms with Crippen molar-refractivity contribution < 1.29 is 4.92 Å². The quantitative estimate of drug-likeness (QED) is 0.672. The average molecular weight is 267 g/mol. The third-order valence-electron chi connectivity index (χ3n) is 3.81. The van der Waals surface area contributed by atoms with Gasteiger partial charge in [-0.05, 0) is 25.3 Å². The van der Waals surface area contributed by atoms with Crippen molar-refractivity contribution in [3.05, 3.63) is 27.1 Å². The van der Waals surface area contributed by atoms with Gasteiger partial charge in [-0.2, -0.15) is 0 Å². The van der Waals surface area contributed by atoms with Crippen molar-refractivity contribution in [3.63, 3.8) is 0 Å². The first-order valence-electron chi connectivity index (χ1n) is 6.42. The van der Waals surface area contributed by atoms with Crippen LogP contribution in [0.3, 0.4) is 0 Å². The van der Waals surface area contributed by atoms with Crippen molar-refractivity contribution in [2.45, 2.75) is 37.9 Å². The van der Waals surface area contributed by atoms with E-state index in [1.807, 2.05) is 6.07 Å². The number of rotatable bonds is 3. The molecule has 2 saturated heterocycles. The molecule has 3 heterocycles. The lowest BCUT2D eigenvalue weighted by atomic mass is 10.1.